The average molecular weight is 289 g/mol. The summed E-state index contributed by atoms with van der Waals surface area (Å²) in [6.45, 7) is 2.10. The van der Waals surface area contributed by atoms with E-state index in [1.807, 2.05) is 0 Å². The number of hydrazine groups is 1. The van der Waals surface area contributed by atoms with E-state index in [0.717, 1.165) is 27.9 Å². The molecule has 20 heavy (non-hydrogen) atoms. The van der Waals surface area contributed by atoms with E-state index < -0.39 is 0 Å². The Bertz CT molecular complexity index is 632. The lowest BCUT2D eigenvalue weighted by atomic mass is 10.1. The summed E-state index contributed by atoms with van der Waals surface area (Å²) in [5, 5.41) is 4.82. The summed E-state index contributed by atoms with van der Waals surface area (Å²) in [6.07, 6.45) is 5.42. The van der Waals surface area contributed by atoms with Gasteiger partial charge in [-0.2, -0.15) is 4.98 Å². The van der Waals surface area contributed by atoms with Gasteiger partial charge < -0.3 is 5.32 Å². The Hall–Kier alpha value is -1.40. The fourth-order valence-corrected chi connectivity index (χ4v) is 3.79. The molecule has 2 aromatic heterocycles. The maximum Gasteiger partial charge on any atom is 0.240 e. The zero-order valence-corrected chi connectivity index (χ0v) is 12.3. The minimum atomic E-state index is 0.493. The molecule has 0 radical (unpaired) electrons. The van der Waals surface area contributed by atoms with Crippen molar-refractivity contribution in [1.82, 2.24) is 9.97 Å². The van der Waals surface area contributed by atoms with Crippen molar-refractivity contribution in [2.75, 3.05) is 10.7 Å². The third-order valence-corrected chi connectivity index (χ3v) is 5.15. The third kappa shape index (κ3) is 2.23. The van der Waals surface area contributed by atoms with E-state index >= 15 is 0 Å². The smallest absolute Gasteiger partial charge is 0.240 e. The van der Waals surface area contributed by atoms with Crippen molar-refractivity contribution in [1.29, 1.82) is 0 Å². The molecule has 2 aliphatic rings. The van der Waals surface area contributed by atoms with E-state index in [2.05, 4.69) is 33.7 Å². The van der Waals surface area contributed by atoms with E-state index in [4.69, 9.17) is 5.84 Å². The van der Waals surface area contributed by atoms with Crippen molar-refractivity contribution in [3.05, 3.63) is 10.9 Å². The number of rotatable bonds is 5. The summed E-state index contributed by atoms with van der Waals surface area (Å²) >= 11 is 1.68. The van der Waals surface area contributed by atoms with Gasteiger partial charge in [0.1, 0.15) is 10.6 Å². The molecular weight excluding hydrogens is 270 g/mol. The highest BCUT2D eigenvalue weighted by molar-refractivity contribution is 7.18. The molecule has 5 nitrogen and oxygen atoms in total. The summed E-state index contributed by atoms with van der Waals surface area (Å²) in [5.41, 5.74) is 2.58. The lowest BCUT2D eigenvalue weighted by molar-refractivity contribution is 0.566. The molecule has 0 saturated heterocycles. The zero-order chi connectivity index (χ0) is 13.7. The quantitative estimate of drug-likeness (QED) is 0.583. The lowest BCUT2D eigenvalue weighted by Crippen LogP contribution is -2.25. The van der Waals surface area contributed by atoms with Crippen molar-refractivity contribution in [2.24, 2.45) is 17.7 Å². The van der Waals surface area contributed by atoms with Crippen LogP contribution in [0.1, 0.15) is 30.6 Å². The van der Waals surface area contributed by atoms with Crippen molar-refractivity contribution < 1.29 is 0 Å². The van der Waals surface area contributed by atoms with Gasteiger partial charge in [0.05, 0.1) is 5.39 Å². The standard InChI is InChI=1S/C14H19N5S/c1-7-6-10-12(17-14(19-15)18-13(10)20-7)16-11(8-2-3-8)9-4-5-9/h6,8-9,11H,2-5,15H2,1H3,(H2,16,17,18,19). The van der Waals surface area contributed by atoms with Crippen LogP contribution in [0.4, 0.5) is 11.8 Å². The first-order valence-corrected chi connectivity index (χ1v) is 8.07. The van der Waals surface area contributed by atoms with Gasteiger partial charge in [-0.3, -0.25) is 5.43 Å². The molecule has 0 amide bonds. The highest BCUT2D eigenvalue weighted by atomic mass is 32.1. The predicted molar refractivity (Wildman–Crippen MR) is 82.8 cm³/mol. The number of hydrogen-bond donors (Lipinski definition) is 3. The summed E-state index contributed by atoms with van der Waals surface area (Å²) in [5.74, 6) is 8.60. The number of anilines is 2. The molecule has 2 saturated carbocycles. The molecule has 0 bridgehead atoms. The number of aryl methyl sites for hydroxylation is 1. The average Bonchev–Trinajstić information content (AvgIpc) is 3.33. The van der Waals surface area contributed by atoms with Gasteiger partial charge in [-0.1, -0.05) is 0 Å². The molecule has 2 heterocycles. The monoisotopic (exact) mass is 289 g/mol. The molecule has 0 atom stereocenters. The van der Waals surface area contributed by atoms with E-state index in [1.165, 1.54) is 30.6 Å². The Morgan fingerprint density at radius 1 is 1.25 bits per heavy atom. The minimum Gasteiger partial charge on any atom is -0.366 e. The molecule has 4 rings (SSSR count). The highest BCUT2D eigenvalue weighted by Gasteiger charge is 2.41. The first kappa shape index (κ1) is 12.3. The number of fused-ring (bicyclic) bond motifs is 1. The molecule has 106 valence electrons. The fourth-order valence-electron chi connectivity index (χ4n) is 2.91. The highest BCUT2D eigenvalue weighted by Crippen LogP contribution is 2.46. The largest absolute Gasteiger partial charge is 0.366 e. The second-order valence-electron chi connectivity index (χ2n) is 5.96. The molecule has 0 unspecified atom stereocenters. The number of aromatic nitrogens is 2. The van der Waals surface area contributed by atoms with Crippen LogP contribution in [0.15, 0.2) is 6.07 Å². The Morgan fingerprint density at radius 3 is 2.55 bits per heavy atom. The van der Waals surface area contributed by atoms with E-state index in [9.17, 15) is 0 Å². The first-order valence-electron chi connectivity index (χ1n) is 7.26. The van der Waals surface area contributed by atoms with Gasteiger partial charge in [0.2, 0.25) is 5.95 Å². The molecule has 2 fully saturated rings. The maximum atomic E-state index is 5.49. The van der Waals surface area contributed by atoms with Crippen molar-refractivity contribution in [3.8, 4) is 0 Å². The SMILES string of the molecule is Cc1cc2c(NC(C3CC3)C3CC3)nc(NN)nc2s1. The van der Waals surface area contributed by atoms with Gasteiger partial charge in [0.15, 0.2) is 0 Å². The topological polar surface area (TPSA) is 75.9 Å². The lowest BCUT2D eigenvalue weighted by Gasteiger charge is -2.19. The number of nitrogen functional groups attached to an aromatic ring is 1. The fraction of sp³-hybridized carbons (Fsp3) is 0.571. The molecule has 0 aromatic carbocycles. The van der Waals surface area contributed by atoms with Gasteiger partial charge in [-0.15, -0.1) is 11.3 Å². The van der Waals surface area contributed by atoms with Gasteiger partial charge in [-0.25, -0.2) is 10.8 Å². The van der Waals surface area contributed by atoms with Crippen LogP contribution in [0.25, 0.3) is 10.2 Å². The molecular formula is C14H19N5S. The number of hydrogen-bond acceptors (Lipinski definition) is 6. The number of nitrogens with zero attached hydrogens (tertiary/aromatic N) is 2. The Labute approximate surface area is 122 Å². The number of thiophene rings is 1. The van der Waals surface area contributed by atoms with E-state index in [1.54, 1.807) is 11.3 Å². The molecule has 2 aromatic rings. The van der Waals surface area contributed by atoms with E-state index in [-0.39, 0.29) is 0 Å². The molecule has 0 aliphatic heterocycles. The van der Waals surface area contributed by atoms with E-state index in [0.29, 0.717) is 12.0 Å². The summed E-state index contributed by atoms with van der Waals surface area (Å²) in [4.78, 5) is 11.2. The summed E-state index contributed by atoms with van der Waals surface area (Å²) < 4.78 is 0. The molecule has 0 spiro atoms. The van der Waals surface area contributed by atoms with Gasteiger partial charge in [0.25, 0.3) is 0 Å². The maximum absolute atomic E-state index is 5.49. The molecule has 2 aliphatic carbocycles. The van der Waals surface area contributed by atoms with Crippen molar-refractivity contribution in [2.45, 2.75) is 38.6 Å². The van der Waals surface area contributed by atoms with Crippen molar-refractivity contribution >= 4 is 33.3 Å². The van der Waals surface area contributed by atoms with Crippen LogP contribution < -0.4 is 16.6 Å². The van der Waals surface area contributed by atoms with Crippen LogP contribution in [-0.2, 0) is 0 Å². The van der Waals surface area contributed by atoms with Gasteiger partial charge in [0, 0.05) is 10.9 Å². The third-order valence-electron chi connectivity index (χ3n) is 4.21. The molecule has 6 heteroatoms. The number of nitrogens with one attached hydrogen (secondary N) is 2. The summed E-state index contributed by atoms with van der Waals surface area (Å²) in [6, 6.07) is 2.75. The second-order valence-corrected chi connectivity index (χ2v) is 7.20. The van der Waals surface area contributed by atoms with Gasteiger partial charge >= 0.3 is 0 Å². The van der Waals surface area contributed by atoms with Crippen molar-refractivity contribution in [3.63, 3.8) is 0 Å². The Morgan fingerprint density at radius 2 is 1.95 bits per heavy atom. The van der Waals surface area contributed by atoms with Crippen LogP contribution in [0.5, 0.6) is 0 Å². The minimum absolute atomic E-state index is 0.493. The molecule has 4 N–H and O–H groups in total. The second kappa shape index (κ2) is 4.56. The summed E-state index contributed by atoms with van der Waals surface area (Å²) in [7, 11) is 0. The Balaban J connectivity index is 1.72. The first-order chi connectivity index (χ1) is 9.74. The van der Waals surface area contributed by atoms with Gasteiger partial charge in [-0.05, 0) is 50.5 Å². The van der Waals surface area contributed by atoms with Crippen LogP contribution in [0.2, 0.25) is 0 Å². The predicted octanol–water partition coefficient (Wildman–Crippen LogP) is 2.89. The van der Waals surface area contributed by atoms with Crippen LogP contribution in [0.3, 0.4) is 0 Å². The van der Waals surface area contributed by atoms with Crippen LogP contribution >= 0.6 is 11.3 Å². The van der Waals surface area contributed by atoms with Crippen LogP contribution in [0, 0.1) is 18.8 Å². The Kier molecular flexibility index (Phi) is 2.82. The number of nitrogens with two attached hydrogens (primary N) is 1. The van der Waals surface area contributed by atoms with Crippen LogP contribution in [-0.4, -0.2) is 16.0 Å². The normalized spacial score (nSPS) is 18.8. The zero-order valence-electron chi connectivity index (χ0n) is 11.5.